The monoisotopic (exact) mass is 265 g/mol. The zero-order valence-corrected chi connectivity index (χ0v) is 11.9. The van der Waals surface area contributed by atoms with Gasteiger partial charge in [0.1, 0.15) is 0 Å². The second-order valence-electron chi connectivity index (χ2n) is 4.75. The van der Waals surface area contributed by atoms with E-state index >= 15 is 0 Å². The van der Waals surface area contributed by atoms with Crippen molar-refractivity contribution in [2.75, 3.05) is 12.4 Å². The normalized spacial score (nSPS) is 11.7. The van der Waals surface area contributed by atoms with Gasteiger partial charge in [-0.2, -0.15) is 5.26 Å². The Balaban J connectivity index is 2.05. The fraction of sp³-hybridized carbons (Fsp3) is 0.235. The highest BCUT2D eigenvalue weighted by Gasteiger charge is 2.07. The number of nitrogens with one attached hydrogen (secondary N) is 2. The van der Waals surface area contributed by atoms with Crippen LogP contribution in [-0.4, -0.2) is 7.05 Å². The lowest BCUT2D eigenvalue weighted by Crippen LogP contribution is -2.18. The molecule has 2 N–H and O–H groups in total. The molecule has 102 valence electrons. The maximum absolute atomic E-state index is 9.08. The summed E-state index contributed by atoms with van der Waals surface area (Å²) in [6.07, 6.45) is 0. The molecule has 0 aliphatic heterocycles. The molecule has 2 rings (SSSR count). The van der Waals surface area contributed by atoms with E-state index in [0.29, 0.717) is 6.54 Å². The fourth-order valence-corrected chi connectivity index (χ4v) is 2.13. The molecule has 0 aromatic heterocycles. The Morgan fingerprint density at radius 3 is 2.70 bits per heavy atom. The van der Waals surface area contributed by atoms with Crippen LogP contribution in [0.15, 0.2) is 48.5 Å². The number of nitriles is 1. The molecule has 3 heteroatoms. The Bertz CT molecular complexity index is 614. The number of anilines is 1. The van der Waals surface area contributed by atoms with Gasteiger partial charge in [0.15, 0.2) is 0 Å². The molecule has 0 saturated heterocycles. The summed E-state index contributed by atoms with van der Waals surface area (Å²) in [5.41, 5.74) is 4.10. The Hall–Kier alpha value is -2.31. The Morgan fingerprint density at radius 1 is 1.15 bits per heavy atom. The molecule has 0 amide bonds. The van der Waals surface area contributed by atoms with E-state index < -0.39 is 0 Å². The van der Waals surface area contributed by atoms with Crippen molar-refractivity contribution >= 4 is 5.69 Å². The van der Waals surface area contributed by atoms with Crippen LogP contribution in [0.1, 0.15) is 29.7 Å². The highest BCUT2D eigenvalue weighted by atomic mass is 14.9. The molecule has 2 aromatic rings. The van der Waals surface area contributed by atoms with Crippen LogP contribution in [0.25, 0.3) is 0 Å². The van der Waals surface area contributed by atoms with Gasteiger partial charge in [-0.05, 0) is 36.2 Å². The van der Waals surface area contributed by atoms with E-state index in [0.717, 1.165) is 16.8 Å². The molecule has 0 aliphatic rings. The SMILES string of the molecule is CNc1cccc(C(C)NCc2ccccc2C#N)c1. The zero-order valence-electron chi connectivity index (χ0n) is 11.9. The summed E-state index contributed by atoms with van der Waals surface area (Å²) in [5.74, 6) is 0. The molecular formula is C17H19N3. The van der Waals surface area contributed by atoms with Gasteiger partial charge in [-0.1, -0.05) is 30.3 Å². The second-order valence-corrected chi connectivity index (χ2v) is 4.75. The molecule has 0 fully saturated rings. The molecule has 0 heterocycles. The average molecular weight is 265 g/mol. The van der Waals surface area contributed by atoms with Crippen molar-refractivity contribution in [3.63, 3.8) is 0 Å². The number of nitrogens with zero attached hydrogens (tertiary/aromatic N) is 1. The first kappa shape index (κ1) is 14.1. The minimum absolute atomic E-state index is 0.232. The van der Waals surface area contributed by atoms with Gasteiger partial charge in [0.05, 0.1) is 11.6 Å². The predicted octanol–water partition coefficient (Wildman–Crippen LogP) is 3.45. The van der Waals surface area contributed by atoms with Gasteiger partial charge >= 0.3 is 0 Å². The van der Waals surface area contributed by atoms with Gasteiger partial charge < -0.3 is 10.6 Å². The number of hydrogen-bond acceptors (Lipinski definition) is 3. The molecule has 0 spiro atoms. The van der Waals surface area contributed by atoms with Gasteiger partial charge in [0.25, 0.3) is 0 Å². The summed E-state index contributed by atoms with van der Waals surface area (Å²) in [4.78, 5) is 0. The lowest BCUT2D eigenvalue weighted by Gasteiger charge is -2.16. The average Bonchev–Trinajstić information content (AvgIpc) is 2.52. The summed E-state index contributed by atoms with van der Waals surface area (Å²) >= 11 is 0. The van der Waals surface area contributed by atoms with E-state index in [4.69, 9.17) is 5.26 Å². The number of benzene rings is 2. The summed E-state index contributed by atoms with van der Waals surface area (Å²) in [5, 5.41) is 15.7. The molecule has 0 aliphatic carbocycles. The molecular weight excluding hydrogens is 246 g/mol. The summed E-state index contributed by atoms with van der Waals surface area (Å²) in [7, 11) is 1.92. The number of rotatable bonds is 5. The summed E-state index contributed by atoms with van der Waals surface area (Å²) in [6.45, 7) is 2.82. The number of hydrogen-bond donors (Lipinski definition) is 2. The van der Waals surface area contributed by atoms with Crippen LogP contribution in [-0.2, 0) is 6.54 Å². The second kappa shape index (κ2) is 6.74. The topological polar surface area (TPSA) is 47.8 Å². The lowest BCUT2D eigenvalue weighted by atomic mass is 10.1. The van der Waals surface area contributed by atoms with Gasteiger partial charge in [0, 0.05) is 25.3 Å². The van der Waals surface area contributed by atoms with Crippen molar-refractivity contribution in [3.8, 4) is 6.07 Å². The fourth-order valence-electron chi connectivity index (χ4n) is 2.13. The summed E-state index contributed by atoms with van der Waals surface area (Å²) in [6, 6.07) is 18.5. The minimum atomic E-state index is 0.232. The Morgan fingerprint density at radius 2 is 1.95 bits per heavy atom. The van der Waals surface area contributed by atoms with Gasteiger partial charge in [-0.15, -0.1) is 0 Å². The molecule has 0 saturated carbocycles. The maximum Gasteiger partial charge on any atom is 0.0995 e. The molecule has 0 bridgehead atoms. The molecule has 3 nitrogen and oxygen atoms in total. The van der Waals surface area contributed by atoms with E-state index in [1.54, 1.807) is 0 Å². The first-order chi connectivity index (χ1) is 9.74. The first-order valence-electron chi connectivity index (χ1n) is 6.73. The van der Waals surface area contributed by atoms with Crippen molar-refractivity contribution in [1.29, 1.82) is 5.26 Å². The first-order valence-corrected chi connectivity index (χ1v) is 6.73. The van der Waals surface area contributed by atoms with Crippen molar-refractivity contribution in [2.24, 2.45) is 0 Å². The summed E-state index contributed by atoms with van der Waals surface area (Å²) < 4.78 is 0. The van der Waals surface area contributed by atoms with Crippen LogP contribution in [0.3, 0.4) is 0 Å². The van der Waals surface area contributed by atoms with Gasteiger partial charge in [-0.3, -0.25) is 0 Å². The molecule has 20 heavy (non-hydrogen) atoms. The quantitative estimate of drug-likeness (QED) is 0.870. The van der Waals surface area contributed by atoms with Crippen LogP contribution in [0, 0.1) is 11.3 Å². The third-order valence-corrected chi connectivity index (χ3v) is 3.41. The van der Waals surface area contributed by atoms with Crippen LogP contribution in [0.5, 0.6) is 0 Å². The smallest absolute Gasteiger partial charge is 0.0995 e. The molecule has 1 atom stereocenters. The largest absolute Gasteiger partial charge is 0.388 e. The maximum atomic E-state index is 9.08. The van der Waals surface area contributed by atoms with Crippen LogP contribution < -0.4 is 10.6 Å². The third kappa shape index (κ3) is 3.37. The Kier molecular flexibility index (Phi) is 4.75. The molecule has 1 unspecified atom stereocenters. The van der Waals surface area contributed by atoms with Crippen LogP contribution in [0.4, 0.5) is 5.69 Å². The predicted molar refractivity (Wildman–Crippen MR) is 82.4 cm³/mol. The van der Waals surface area contributed by atoms with E-state index in [1.807, 2.05) is 43.4 Å². The Labute approximate surface area is 120 Å². The highest BCUT2D eigenvalue weighted by molar-refractivity contribution is 5.45. The van der Waals surface area contributed by atoms with E-state index in [2.05, 4.69) is 35.8 Å². The molecule has 2 aromatic carbocycles. The minimum Gasteiger partial charge on any atom is -0.388 e. The van der Waals surface area contributed by atoms with Crippen molar-refractivity contribution in [2.45, 2.75) is 19.5 Å². The van der Waals surface area contributed by atoms with Gasteiger partial charge in [0.2, 0.25) is 0 Å². The zero-order chi connectivity index (χ0) is 14.4. The van der Waals surface area contributed by atoms with Crippen molar-refractivity contribution in [1.82, 2.24) is 5.32 Å². The van der Waals surface area contributed by atoms with Crippen molar-refractivity contribution < 1.29 is 0 Å². The van der Waals surface area contributed by atoms with Crippen molar-refractivity contribution in [3.05, 3.63) is 65.2 Å². The lowest BCUT2D eigenvalue weighted by molar-refractivity contribution is 0.574. The van der Waals surface area contributed by atoms with E-state index in [1.165, 1.54) is 5.56 Å². The highest BCUT2D eigenvalue weighted by Crippen LogP contribution is 2.18. The molecule has 0 radical (unpaired) electrons. The third-order valence-electron chi connectivity index (χ3n) is 3.41. The van der Waals surface area contributed by atoms with Crippen LogP contribution >= 0.6 is 0 Å². The van der Waals surface area contributed by atoms with Gasteiger partial charge in [-0.25, -0.2) is 0 Å². The standard InChI is InChI=1S/C17H19N3/c1-13(14-8-5-9-17(10-14)19-2)20-12-16-7-4-3-6-15(16)11-18/h3-10,13,19-20H,12H2,1-2H3. The van der Waals surface area contributed by atoms with Crippen LogP contribution in [0.2, 0.25) is 0 Å². The van der Waals surface area contributed by atoms with E-state index in [9.17, 15) is 0 Å². The van der Waals surface area contributed by atoms with E-state index in [-0.39, 0.29) is 6.04 Å².